The van der Waals surface area contributed by atoms with Gasteiger partial charge in [-0.05, 0) is 23.1 Å². The van der Waals surface area contributed by atoms with E-state index in [1.165, 1.54) is 16.7 Å². The molecule has 1 N–H and O–H groups in total. The lowest BCUT2D eigenvalue weighted by atomic mass is 9.76. The van der Waals surface area contributed by atoms with E-state index in [4.69, 9.17) is 0 Å². The summed E-state index contributed by atoms with van der Waals surface area (Å²) in [7, 11) is 0. The first-order chi connectivity index (χ1) is 13.9. The molecule has 0 spiro atoms. The summed E-state index contributed by atoms with van der Waals surface area (Å²) in [6.45, 7) is 4.72. The van der Waals surface area contributed by atoms with Crippen molar-refractivity contribution in [1.29, 1.82) is 0 Å². The first kappa shape index (κ1) is 18.1. The van der Waals surface area contributed by atoms with Gasteiger partial charge in [-0.25, -0.2) is 4.98 Å². The zero-order valence-corrected chi connectivity index (χ0v) is 15.8. The molecule has 0 fully saturated rings. The fourth-order valence-corrected chi connectivity index (χ4v) is 3.86. The van der Waals surface area contributed by atoms with E-state index in [0.717, 1.165) is 18.9 Å². The van der Waals surface area contributed by atoms with Gasteiger partial charge in [-0.2, -0.15) is 0 Å². The maximum absolute atomic E-state index is 4.62. The Bertz CT molecular complexity index is 895. The quantitative estimate of drug-likeness (QED) is 0.446. The Hall–Kier alpha value is -3.33. The Labute approximate surface area is 166 Å². The maximum atomic E-state index is 4.62. The normalized spacial score (nSPS) is 11.3. The maximum Gasteiger partial charge on any atom is 0.204 e. The van der Waals surface area contributed by atoms with Gasteiger partial charge in [0.2, 0.25) is 5.95 Å². The molecule has 0 amide bonds. The molecule has 3 heteroatoms. The highest BCUT2D eigenvalue weighted by Gasteiger charge is 2.39. The number of benzene rings is 3. The van der Waals surface area contributed by atoms with E-state index in [1.54, 1.807) is 0 Å². The molecule has 139 valence electrons. The minimum absolute atomic E-state index is 0.538. The first-order valence-corrected chi connectivity index (χ1v) is 9.61. The van der Waals surface area contributed by atoms with E-state index in [9.17, 15) is 0 Å². The zero-order chi connectivity index (χ0) is 19.2. The fourth-order valence-electron chi connectivity index (χ4n) is 3.86. The van der Waals surface area contributed by atoms with Crippen LogP contribution in [0.15, 0.2) is 103 Å². The SMILES string of the molecule is [CH2]CCNc1nccn1C(c1ccccc1)(c1ccccc1)c1ccccc1. The van der Waals surface area contributed by atoms with Crippen LogP contribution in [0.4, 0.5) is 5.95 Å². The summed E-state index contributed by atoms with van der Waals surface area (Å²) in [5.41, 5.74) is 3.01. The second-order valence-corrected chi connectivity index (χ2v) is 6.71. The van der Waals surface area contributed by atoms with Crippen LogP contribution in [-0.4, -0.2) is 16.1 Å². The number of hydrogen-bond donors (Lipinski definition) is 1. The van der Waals surface area contributed by atoms with E-state index >= 15 is 0 Å². The van der Waals surface area contributed by atoms with Gasteiger partial charge in [-0.15, -0.1) is 0 Å². The number of hydrogen-bond acceptors (Lipinski definition) is 2. The van der Waals surface area contributed by atoms with E-state index in [0.29, 0.717) is 0 Å². The first-order valence-electron chi connectivity index (χ1n) is 9.61. The summed E-state index contributed by atoms with van der Waals surface area (Å²) in [6.07, 6.45) is 4.70. The highest BCUT2D eigenvalue weighted by Crippen LogP contribution is 2.42. The van der Waals surface area contributed by atoms with Gasteiger partial charge >= 0.3 is 0 Å². The van der Waals surface area contributed by atoms with Gasteiger partial charge < -0.3 is 5.32 Å². The minimum Gasteiger partial charge on any atom is -0.356 e. The van der Waals surface area contributed by atoms with Crippen LogP contribution < -0.4 is 5.32 Å². The lowest BCUT2D eigenvalue weighted by Gasteiger charge is -2.38. The molecular formula is C25H24N3. The Kier molecular flexibility index (Phi) is 5.24. The fraction of sp³-hybridized carbons (Fsp3) is 0.120. The summed E-state index contributed by atoms with van der Waals surface area (Å²) in [5, 5.41) is 3.45. The predicted molar refractivity (Wildman–Crippen MR) is 115 cm³/mol. The van der Waals surface area contributed by atoms with Crippen molar-refractivity contribution in [2.24, 2.45) is 0 Å². The topological polar surface area (TPSA) is 29.9 Å². The van der Waals surface area contributed by atoms with E-state index in [1.807, 2.05) is 6.20 Å². The van der Waals surface area contributed by atoms with Crippen LogP contribution in [0.3, 0.4) is 0 Å². The molecule has 3 aromatic carbocycles. The molecule has 0 aliphatic heterocycles. The van der Waals surface area contributed by atoms with Gasteiger partial charge in [0.25, 0.3) is 0 Å². The molecule has 0 aliphatic carbocycles. The molecule has 3 nitrogen and oxygen atoms in total. The van der Waals surface area contributed by atoms with Crippen molar-refractivity contribution in [3.05, 3.63) is 127 Å². The van der Waals surface area contributed by atoms with Crippen molar-refractivity contribution >= 4 is 5.95 Å². The third-order valence-electron chi connectivity index (χ3n) is 5.04. The zero-order valence-electron chi connectivity index (χ0n) is 15.8. The largest absolute Gasteiger partial charge is 0.356 e. The summed E-state index contributed by atoms with van der Waals surface area (Å²) >= 11 is 0. The van der Waals surface area contributed by atoms with Crippen molar-refractivity contribution in [2.75, 3.05) is 11.9 Å². The highest BCUT2D eigenvalue weighted by molar-refractivity contribution is 5.53. The molecular weight excluding hydrogens is 342 g/mol. The van der Waals surface area contributed by atoms with Crippen LogP contribution in [-0.2, 0) is 5.54 Å². The van der Waals surface area contributed by atoms with Crippen LogP contribution in [0.2, 0.25) is 0 Å². The number of imidazole rings is 1. The summed E-state index contributed by atoms with van der Waals surface area (Å²) in [5.74, 6) is 0.834. The minimum atomic E-state index is -0.538. The second-order valence-electron chi connectivity index (χ2n) is 6.71. The third kappa shape index (κ3) is 3.09. The molecule has 1 aromatic heterocycles. The molecule has 1 heterocycles. The molecule has 1 radical (unpaired) electrons. The lowest BCUT2D eigenvalue weighted by molar-refractivity contribution is 0.520. The van der Waals surface area contributed by atoms with Crippen molar-refractivity contribution < 1.29 is 0 Å². The number of aromatic nitrogens is 2. The smallest absolute Gasteiger partial charge is 0.204 e. The molecule has 4 aromatic rings. The van der Waals surface area contributed by atoms with Crippen LogP contribution in [0.5, 0.6) is 0 Å². The molecule has 4 rings (SSSR count). The van der Waals surface area contributed by atoms with Crippen molar-refractivity contribution in [2.45, 2.75) is 12.0 Å². The second kappa shape index (κ2) is 8.13. The molecule has 28 heavy (non-hydrogen) atoms. The van der Waals surface area contributed by atoms with Crippen LogP contribution >= 0.6 is 0 Å². The van der Waals surface area contributed by atoms with Crippen molar-refractivity contribution in [3.63, 3.8) is 0 Å². The van der Waals surface area contributed by atoms with Gasteiger partial charge in [0, 0.05) is 18.9 Å². The predicted octanol–water partition coefficient (Wildman–Crippen LogP) is 5.36. The molecule has 0 unspecified atom stereocenters. The standard InChI is InChI=1S/C25H24N3/c1-2-18-26-24-27-19-20-28(24)25(21-12-6-3-7-13-21,22-14-8-4-9-15-22)23-16-10-5-11-17-23/h3-17,19-20H,1-2,18H2,(H,26,27). The number of nitrogens with one attached hydrogen (secondary N) is 1. The monoisotopic (exact) mass is 366 g/mol. The Morgan fingerprint density at radius 2 is 1.21 bits per heavy atom. The van der Waals surface area contributed by atoms with Crippen LogP contribution in [0.1, 0.15) is 23.1 Å². The molecule has 0 atom stereocenters. The number of anilines is 1. The number of rotatable bonds is 7. The molecule has 0 saturated heterocycles. The van der Waals surface area contributed by atoms with Crippen LogP contribution in [0.25, 0.3) is 0 Å². The Morgan fingerprint density at radius 3 is 1.64 bits per heavy atom. The van der Waals surface area contributed by atoms with Crippen molar-refractivity contribution in [1.82, 2.24) is 9.55 Å². The van der Waals surface area contributed by atoms with Gasteiger partial charge in [0.1, 0.15) is 5.54 Å². The number of nitrogens with zero attached hydrogens (tertiary/aromatic N) is 2. The molecule has 0 aliphatic rings. The van der Waals surface area contributed by atoms with E-state index in [-0.39, 0.29) is 0 Å². The molecule has 0 bridgehead atoms. The Balaban J connectivity index is 2.07. The molecule has 0 saturated carbocycles. The highest BCUT2D eigenvalue weighted by atomic mass is 15.2. The van der Waals surface area contributed by atoms with Gasteiger partial charge in [0.15, 0.2) is 0 Å². The van der Waals surface area contributed by atoms with Gasteiger partial charge in [0.05, 0.1) is 0 Å². The average molecular weight is 366 g/mol. The average Bonchev–Trinajstić information content (AvgIpc) is 3.24. The van der Waals surface area contributed by atoms with Gasteiger partial charge in [-0.3, -0.25) is 4.57 Å². The van der Waals surface area contributed by atoms with Gasteiger partial charge in [-0.1, -0.05) is 97.9 Å². The van der Waals surface area contributed by atoms with Crippen molar-refractivity contribution in [3.8, 4) is 0 Å². The summed E-state index contributed by atoms with van der Waals surface area (Å²) in [6, 6.07) is 31.8. The van der Waals surface area contributed by atoms with Crippen LogP contribution in [0, 0.1) is 6.92 Å². The Morgan fingerprint density at radius 1 is 0.750 bits per heavy atom. The van der Waals surface area contributed by atoms with E-state index in [2.05, 4.69) is 119 Å². The lowest BCUT2D eigenvalue weighted by Crippen LogP contribution is -2.38. The van der Waals surface area contributed by atoms with E-state index < -0.39 is 5.54 Å². The third-order valence-corrected chi connectivity index (χ3v) is 5.04. The summed E-state index contributed by atoms with van der Waals surface area (Å²) < 4.78 is 2.24. The summed E-state index contributed by atoms with van der Waals surface area (Å²) in [4.78, 5) is 4.62.